The highest BCUT2D eigenvalue weighted by atomic mass is 35.5. The van der Waals surface area contributed by atoms with Crippen LogP contribution in [0.1, 0.15) is 36.0 Å². The number of benzene rings is 1. The predicted octanol–water partition coefficient (Wildman–Crippen LogP) is 2.74. The molecule has 3 rings (SSSR count). The third-order valence-corrected chi connectivity index (χ3v) is 5.81. The highest BCUT2D eigenvalue weighted by molar-refractivity contribution is 6.30. The maximum Gasteiger partial charge on any atom is 0.251 e. The maximum atomic E-state index is 13.0. The average Bonchev–Trinajstić information content (AvgIpc) is 3.16. The third-order valence-electron chi connectivity index (χ3n) is 5.58. The lowest BCUT2D eigenvalue weighted by atomic mass is 9.96. The zero-order valence-electron chi connectivity index (χ0n) is 15.5. The van der Waals surface area contributed by atoms with E-state index < -0.39 is 6.67 Å². The number of nitrogens with zero attached hydrogens (tertiary/aromatic N) is 2. The van der Waals surface area contributed by atoms with Crippen LogP contribution in [0.25, 0.3) is 0 Å². The summed E-state index contributed by atoms with van der Waals surface area (Å²) in [6.07, 6.45) is 3.55. The second-order valence-electron chi connectivity index (χ2n) is 7.48. The molecule has 2 amide bonds. The molecule has 0 unspecified atom stereocenters. The molecule has 2 heterocycles. The first kappa shape index (κ1) is 20.1. The minimum atomic E-state index is -0.444. The van der Waals surface area contributed by atoms with E-state index in [0.29, 0.717) is 36.1 Å². The van der Waals surface area contributed by atoms with Crippen LogP contribution in [-0.2, 0) is 4.79 Å². The Kier molecular flexibility index (Phi) is 7.07. The zero-order valence-corrected chi connectivity index (χ0v) is 16.3. The summed E-state index contributed by atoms with van der Waals surface area (Å²) < 4.78 is 13.0. The van der Waals surface area contributed by atoms with Gasteiger partial charge in [-0.1, -0.05) is 17.7 Å². The summed E-state index contributed by atoms with van der Waals surface area (Å²) in [5.41, 5.74) is 0.568. The molecule has 2 aliphatic heterocycles. The molecule has 1 aromatic rings. The molecule has 0 saturated carbocycles. The molecule has 1 atom stereocenters. The van der Waals surface area contributed by atoms with Gasteiger partial charge in [-0.15, -0.1) is 0 Å². The van der Waals surface area contributed by atoms with Crippen molar-refractivity contribution in [1.82, 2.24) is 15.1 Å². The van der Waals surface area contributed by atoms with E-state index in [2.05, 4.69) is 10.2 Å². The first-order chi connectivity index (χ1) is 13.1. The smallest absolute Gasteiger partial charge is 0.251 e. The van der Waals surface area contributed by atoms with Crippen LogP contribution in [0.3, 0.4) is 0 Å². The van der Waals surface area contributed by atoms with Crippen LogP contribution in [0.15, 0.2) is 24.3 Å². The number of carbonyl (C=O) groups excluding carboxylic acids is 2. The van der Waals surface area contributed by atoms with Gasteiger partial charge in [0, 0.05) is 23.7 Å². The summed E-state index contributed by atoms with van der Waals surface area (Å²) >= 11 is 5.92. The standard InChI is InChI=1S/C20H27ClFN3O2/c21-17-4-1-3-16(11-17)20(27)23-13-15-6-9-24(10-7-15)14-19(26)25-8-2-5-18(25)12-22/h1,3-4,11,15,18H,2,5-10,12-14H2,(H,23,27)/t18-/m0/s1. The van der Waals surface area contributed by atoms with Crippen molar-refractivity contribution >= 4 is 23.4 Å². The van der Waals surface area contributed by atoms with Gasteiger partial charge in [0.1, 0.15) is 6.67 Å². The highest BCUT2D eigenvalue weighted by Gasteiger charge is 2.30. The Morgan fingerprint density at radius 3 is 2.67 bits per heavy atom. The normalized spacial score (nSPS) is 21.4. The number of hydrogen-bond acceptors (Lipinski definition) is 3. The van der Waals surface area contributed by atoms with E-state index in [0.717, 1.165) is 38.8 Å². The lowest BCUT2D eigenvalue weighted by Gasteiger charge is -2.33. The first-order valence-electron chi connectivity index (χ1n) is 9.68. The predicted molar refractivity (Wildman–Crippen MR) is 104 cm³/mol. The number of piperidine rings is 1. The number of carbonyl (C=O) groups is 2. The fraction of sp³-hybridized carbons (Fsp3) is 0.600. The van der Waals surface area contributed by atoms with Crippen molar-refractivity contribution in [1.29, 1.82) is 0 Å². The van der Waals surface area contributed by atoms with E-state index in [9.17, 15) is 14.0 Å². The Morgan fingerprint density at radius 2 is 1.96 bits per heavy atom. The minimum absolute atomic E-state index is 0.0443. The van der Waals surface area contributed by atoms with E-state index in [1.165, 1.54) is 0 Å². The van der Waals surface area contributed by atoms with Crippen LogP contribution < -0.4 is 5.32 Å². The van der Waals surface area contributed by atoms with Crippen LogP contribution in [-0.4, -0.2) is 67.1 Å². The number of alkyl halides is 1. The van der Waals surface area contributed by atoms with E-state index in [1.807, 2.05) is 0 Å². The zero-order chi connectivity index (χ0) is 19.2. The minimum Gasteiger partial charge on any atom is -0.352 e. The second kappa shape index (κ2) is 9.51. The van der Waals surface area contributed by atoms with Crippen molar-refractivity contribution < 1.29 is 14.0 Å². The van der Waals surface area contributed by atoms with Gasteiger partial charge in [-0.25, -0.2) is 4.39 Å². The van der Waals surface area contributed by atoms with Crippen LogP contribution >= 0.6 is 11.6 Å². The second-order valence-corrected chi connectivity index (χ2v) is 7.91. The number of amides is 2. The van der Waals surface area contributed by atoms with Gasteiger partial charge in [-0.2, -0.15) is 0 Å². The van der Waals surface area contributed by atoms with E-state index in [4.69, 9.17) is 11.6 Å². The number of nitrogens with one attached hydrogen (secondary N) is 1. The van der Waals surface area contributed by atoms with Gasteiger partial charge in [-0.3, -0.25) is 14.5 Å². The van der Waals surface area contributed by atoms with Gasteiger partial charge < -0.3 is 10.2 Å². The number of hydrogen-bond donors (Lipinski definition) is 1. The Hall–Kier alpha value is -1.66. The molecule has 7 heteroatoms. The summed E-state index contributed by atoms with van der Waals surface area (Å²) in [7, 11) is 0. The van der Waals surface area contributed by atoms with Gasteiger partial charge in [0.25, 0.3) is 5.91 Å². The summed E-state index contributed by atoms with van der Waals surface area (Å²) in [4.78, 5) is 28.5. The Balaban J connectivity index is 1.39. The molecule has 2 saturated heterocycles. The van der Waals surface area contributed by atoms with Gasteiger partial charge >= 0.3 is 0 Å². The topological polar surface area (TPSA) is 52.7 Å². The fourth-order valence-electron chi connectivity index (χ4n) is 3.92. The largest absolute Gasteiger partial charge is 0.352 e. The maximum absolute atomic E-state index is 13.0. The van der Waals surface area contributed by atoms with Crippen molar-refractivity contribution in [3.63, 3.8) is 0 Å². The van der Waals surface area contributed by atoms with Crippen molar-refractivity contribution in [2.75, 3.05) is 39.4 Å². The van der Waals surface area contributed by atoms with Crippen molar-refractivity contribution in [3.8, 4) is 0 Å². The number of likely N-dealkylation sites (tertiary alicyclic amines) is 2. The van der Waals surface area contributed by atoms with E-state index in [1.54, 1.807) is 29.2 Å². The highest BCUT2D eigenvalue weighted by Crippen LogP contribution is 2.20. The molecule has 27 heavy (non-hydrogen) atoms. The number of halogens is 2. The quantitative estimate of drug-likeness (QED) is 0.805. The van der Waals surface area contributed by atoms with Crippen molar-refractivity contribution in [3.05, 3.63) is 34.9 Å². The average molecular weight is 396 g/mol. The fourth-order valence-corrected chi connectivity index (χ4v) is 4.11. The lowest BCUT2D eigenvalue weighted by Crippen LogP contribution is -2.46. The molecule has 0 bridgehead atoms. The van der Waals surface area contributed by atoms with E-state index >= 15 is 0 Å². The molecule has 1 N–H and O–H groups in total. The molecular weight excluding hydrogens is 369 g/mol. The molecule has 2 fully saturated rings. The van der Waals surface area contributed by atoms with Crippen LogP contribution in [0.2, 0.25) is 5.02 Å². The van der Waals surface area contributed by atoms with Crippen LogP contribution in [0.5, 0.6) is 0 Å². The van der Waals surface area contributed by atoms with Crippen LogP contribution in [0.4, 0.5) is 4.39 Å². The van der Waals surface area contributed by atoms with Crippen molar-refractivity contribution in [2.24, 2.45) is 5.92 Å². The molecule has 0 aliphatic carbocycles. The molecule has 148 valence electrons. The molecule has 0 radical (unpaired) electrons. The summed E-state index contributed by atoms with van der Waals surface area (Å²) in [6, 6.07) is 6.69. The van der Waals surface area contributed by atoms with Gasteiger partial charge in [0.15, 0.2) is 0 Å². The number of rotatable bonds is 6. The van der Waals surface area contributed by atoms with Gasteiger partial charge in [0.2, 0.25) is 5.91 Å². The molecule has 0 spiro atoms. The third kappa shape index (κ3) is 5.42. The first-order valence-corrected chi connectivity index (χ1v) is 10.1. The van der Waals surface area contributed by atoms with Gasteiger partial charge in [0.05, 0.1) is 12.6 Å². The Morgan fingerprint density at radius 1 is 1.19 bits per heavy atom. The monoisotopic (exact) mass is 395 g/mol. The molecule has 2 aliphatic rings. The summed E-state index contributed by atoms with van der Waals surface area (Å²) in [5, 5.41) is 3.53. The SMILES string of the molecule is O=C(NCC1CCN(CC(=O)N2CCC[C@H]2CF)CC1)c1cccc(Cl)c1. The lowest BCUT2D eigenvalue weighted by molar-refractivity contribution is -0.133. The Bertz CT molecular complexity index is 664. The molecule has 1 aromatic carbocycles. The Labute approximate surface area is 164 Å². The molecular formula is C20H27ClFN3O2. The molecule has 5 nitrogen and oxygen atoms in total. The summed E-state index contributed by atoms with van der Waals surface area (Å²) in [5.74, 6) is 0.342. The summed E-state index contributed by atoms with van der Waals surface area (Å²) in [6.45, 7) is 2.90. The molecule has 0 aromatic heterocycles. The van der Waals surface area contributed by atoms with Crippen molar-refractivity contribution in [2.45, 2.75) is 31.7 Å². The van der Waals surface area contributed by atoms with E-state index in [-0.39, 0.29) is 17.9 Å². The van der Waals surface area contributed by atoms with Gasteiger partial charge in [-0.05, 0) is 62.9 Å². The van der Waals surface area contributed by atoms with Crippen LogP contribution in [0, 0.1) is 5.92 Å².